The Morgan fingerprint density at radius 3 is 0.976 bits per heavy atom. The quantitative estimate of drug-likeness (QED) is 0.115. The third-order valence-electron chi connectivity index (χ3n) is 8.30. The van der Waals surface area contributed by atoms with Crippen LogP contribution < -0.4 is 72.2 Å². The maximum Gasteiger partial charge on any atom is 4.00 e. The van der Waals surface area contributed by atoms with Gasteiger partial charge >= 0.3 is 21.7 Å². The predicted molar refractivity (Wildman–Crippen MR) is 158 cm³/mol. The van der Waals surface area contributed by atoms with Gasteiger partial charge in [-0.25, -0.2) is 0 Å². The van der Waals surface area contributed by atoms with E-state index >= 15 is 0 Å². The number of hydrogen-bond acceptors (Lipinski definition) is 3. The van der Waals surface area contributed by atoms with Crippen LogP contribution in [0.5, 0.6) is 17.2 Å². The van der Waals surface area contributed by atoms with Crippen molar-refractivity contribution in [2.24, 2.45) is 0 Å². The second kappa shape index (κ2) is 15.6. The van der Waals surface area contributed by atoms with Crippen molar-refractivity contribution >= 4 is 28.8 Å². The summed E-state index contributed by atoms with van der Waals surface area (Å²) in [5.41, 5.74) is 8.96. The van der Waals surface area contributed by atoms with E-state index in [1.165, 1.54) is 43.0 Å². The Balaban J connectivity index is 0.00000400. The maximum absolute atomic E-state index is 5.68. The van der Waals surface area contributed by atoms with Gasteiger partial charge < -0.3 is 51.4 Å². The Morgan fingerprint density at radius 2 is 0.756 bits per heavy atom. The molecule has 0 aliphatic carbocycles. The first-order valence-corrected chi connectivity index (χ1v) is 14.8. The van der Waals surface area contributed by atoms with Gasteiger partial charge in [0.1, 0.15) is 25.3 Å². The first-order chi connectivity index (χ1) is 17.6. The van der Waals surface area contributed by atoms with Crippen LogP contribution in [0.3, 0.4) is 0 Å². The standard InChI is InChI=1S/C33H39O3Si.3ClH.Ti/c1-20-17-27(11-14-30(20)34-8)37(28-12-15-31(35-9)21(2)18-28,29-13-16-32(36-10)22(3)19-29)33-25(6)23(4)24(5)26(33)7;;;;/h11-19H,1-10H3;3*1H;/q-1;;;;+4/p-3. The summed E-state index contributed by atoms with van der Waals surface area (Å²) in [4.78, 5) is 0. The zero-order valence-electron chi connectivity index (χ0n) is 25.6. The van der Waals surface area contributed by atoms with Gasteiger partial charge in [-0.3, -0.25) is 0 Å². The summed E-state index contributed by atoms with van der Waals surface area (Å²) in [6.07, 6.45) is 0. The van der Waals surface area contributed by atoms with E-state index in [9.17, 15) is 0 Å². The molecule has 4 aromatic carbocycles. The molecule has 0 aromatic heterocycles. The van der Waals surface area contributed by atoms with E-state index in [2.05, 4.69) is 103 Å². The third-order valence-corrected chi connectivity index (χ3v) is 13.3. The van der Waals surface area contributed by atoms with E-state index in [4.69, 9.17) is 14.2 Å². The van der Waals surface area contributed by atoms with Crippen LogP contribution in [0.2, 0.25) is 0 Å². The molecule has 4 aromatic rings. The van der Waals surface area contributed by atoms with E-state index in [-0.39, 0.29) is 58.9 Å². The van der Waals surface area contributed by atoms with Crippen LogP contribution in [0.1, 0.15) is 38.9 Å². The molecule has 0 bridgehead atoms. The molecule has 8 heteroatoms. The van der Waals surface area contributed by atoms with Crippen molar-refractivity contribution in [3.8, 4) is 17.2 Å². The van der Waals surface area contributed by atoms with Gasteiger partial charge in [0.05, 0.1) is 21.3 Å². The number of benzene rings is 3. The van der Waals surface area contributed by atoms with E-state index in [1.54, 1.807) is 21.3 Å². The maximum atomic E-state index is 5.68. The molecule has 0 fully saturated rings. The minimum Gasteiger partial charge on any atom is -1.00 e. The normalized spacial score (nSPS) is 10.4. The molecule has 0 saturated carbocycles. The average Bonchev–Trinajstić information content (AvgIpc) is 3.08. The van der Waals surface area contributed by atoms with Gasteiger partial charge in [-0.1, -0.05) is 79.7 Å². The van der Waals surface area contributed by atoms with Gasteiger partial charge in [-0.15, -0.1) is 5.19 Å². The van der Waals surface area contributed by atoms with Crippen LogP contribution in [-0.4, -0.2) is 29.4 Å². The van der Waals surface area contributed by atoms with Gasteiger partial charge in [-0.2, -0.15) is 22.3 Å². The number of halogens is 3. The van der Waals surface area contributed by atoms with Crippen molar-refractivity contribution < 1.29 is 73.1 Å². The van der Waals surface area contributed by atoms with Crippen molar-refractivity contribution in [3.63, 3.8) is 0 Å². The van der Waals surface area contributed by atoms with Crippen molar-refractivity contribution in [1.82, 2.24) is 0 Å². The van der Waals surface area contributed by atoms with E-state index < -0.39 is 8.07 Å². The molecule has 218 valence electrons. The summed E-state index contributed by atoms with van der Waals surface area (Å²) in [7, 11) is 2.45. The summed E-state index contributed by atoms with van der Waals surface area (Å²) < 4.78 is 17.0. The molecular formula is C33H39Cl3O3SiTi. The van der Waals surface area contributed by atoms with Crippen LogP contribution in [0.15, 0.2) is 54.6 Å². The topological polar surface area (TPSA) is 27.7 Å². The Hall–Kier alpha value is -1.79. The Bertz CT molecular complexity index is 1330. The molecule has 0 unspecified atom stereocenters. The number of aryl methyl sites for hydroxylation is 3. The van der Waals surface area contributed by atoms with Gasteiger partial charge in [0.2, 0.25) is 0 Å². The third kappa shape index (κ3) is 6.59. The number of rotatable bonds is 7. The second-order valence-electron chi connectivity index (χ2n) is 10.2. The largest absolute Gasteiger partial charge is 4.00 e. The van der Waals surface area contributed by atoms with Crippen molar-refractivity contribution in [3.05, 3.63) is 93.5 Å². The molecule has 0 amide bonds. The molecule has 0 heterocycles. The molecule has 4 rings (SSSR count). The molecule has 0 N–H and O–H groups in total. The van der Waals surface area contributed by atoms with Crippen LogP contribution in [-0.2, 0) is 21.7 Å². The first kappa shape index (κ1) is 39.2. The summed E-state index contributed by atoms with van der Waals surface area (Å²) in [5, 5.41) is 5.50. The van der Waals surface area contributed by atoms with Gasteiger partial charge in [0, 0.05) is 0 Å². The molecular weight excluding hydrogens is 627 g/mol. The average molecular weight is 666 g/mol. The predicted octanol–water partition coefficient (Wildman–Crippen LogP) is -4.02. The smallest absolute Gasteiger partial charge is 1.00 e. The Labute approximate surface area is 280 Å². The monoisotopic (exact) mass is 664 g/mol. The minimum atomic E-state index is -2.77. The Kier molecular flexibility index (Phi) is 14.9. The molecule has 0 spiro atoms. The van der Waals surface area contributed by atoms with Crippen molar-refractivity contribution in [1.29, 1.82) is 0 Å². The summed E-state index contributed by atoms with van der Waals surface area (Å²) in [6, 6.07) is 20.3. The van der Waals surface area contributed by atoms with E-state index in [0.29, 0.717) is 0 Å². The summed E-state index contributed by atoms with van der Waals surface area (Å²) >= 11 is 0. The summed E-state index contributed by atoms with van der Waals surface area (Å²) in [6.45, 7) is 15.5. The second-order valence-corrected chi connectivity index (χ2v) is 13.9. The van der Waals surface area contributed by atoms with Crippen molar-refractivity contribution in [2.45, 2.75) is 48.5 Å². The summed E-state index contributed by atoms with van der Waals surface area (Å²) in [5.74, 6) is 2.73. The fourth-order valence-corrected chi connectivity index (χ4v) is 11.7. The van der Waals surface area contributed by atoms with E-state index in [0.717, 1.165) is 33.9 Å². The zero-order valence-corrected chi connectivity index (χ0v) is 30.4. The SMILES string of the molecule is COc1ccc([Si](c2ccc(OC)c(C)c2)(c2ccc(OC)c(C)c2)[c-]2c(C)c(C)c(C)c2C)cc1C.[Cl-].[Cl-].[Cl-].[Ti+4]. The van der Waals surface area contributed by atoms with Gasteiger partial charge in [-0.05, 0) is 55.7 Å². The molecule has 0 aliphatic heterocycles. The first-order valence-electron chi connectivity index (χ1n) is 12.8. The number of hydrogen-bond donors (Lipinski definition) is 0. The number of methoxy groups -OCH3 is 3. The molecule has 0 aliphatic rings. The molecule has 0 saturated heterocycles. The van der Waals surface area contributed by atoms with Crippen LogP contribution in [0, 0.1) is 48.5 Å². The number of ether oxygens (including phenoxy) is 3. The zero-order chi connectivity index (χ0) is 27.1. The van der Waals surface area contributed by atoms with Crippen LogP contribution in [0.4, 0.5) is 0 Å². The molecule has 0 atom stereocenters. The molecule has 0 radical (unpaired) electrons. The fraction of sp³-hybridized carbons (Fsp3) is 0.303. The van der Waals surface area contributed by atoms with Crippen LogP contribution in [0.25, 0.3) is 0 Å². The molecule has 3 nitrogen and oxygen atoms in total. The fourth-order valence-electron chi connectivity index (χ4n) is 6.05. The minimum absolute atomic E-state index is 0. The van der Waals surface area contributed by atoms with Gasteiger partial charge in [0.25, 0.3) is 0 Å². The Morgan fingerprint density at radius 1 is 0.488 bits per heavy atom. The van der Waals surface area contributed by atoms with Crippen LogP contribution >= 0.6 is 0 Å². The van der Waals surface area contributed by atoms with Gasteiger partial charge in [0.15, 0.2) is 0 Å². The molecule has 41 heavy (non-hydrogen) atoms. The van der Waals surface area contributed by atoms with E-state index in [1.807, 2.05) is 0 Å². The van der Waals surface area contributed by atoms with Crippen molar-refractivity contribution in [2.75, 3.05) is 21.3 Å².